The van der Waals surface area contributed by atoms with Crippen molar-refractivity contribution in [3.63, 3.8) is 0 Å². The van der Waals surface area contributed by atoms with Crippen molar-refractivity contribution in [1.29, 1.82) is 5.26 Å². The van der Waals surface area contributed by atoms with E-state index in [9.17, 15) is 0 Å². The first-order valence-corrected chi connectivity index (χ1v) is 5.82. The van der Waals surface area contributed by atoms with Crippen LogP contribution in [-0.4, -0.2) is 14.5 Å². The van der Waals surface area contributed by atoms with Gasteiger partial charge in [0.25, 0.3) is 0 Å². The fourth-order valence-electron chi connectivity index (χ4n) is 2.03. The van der Waals surface area contributed by atoms with E-state index in [1.54, 1.807) is 24.5 Å². The standard InChI is InChI=1S/C14H11N5/c15-7-10-1-3-11(4-2-10)9-19-13-5-6-17-8-12(13)18-14(19)16/h1-6,8H,9H2,(H2,16,18). The summed E-state index contributed by atoms with van der Waals surface area (Å²) in [7, 11) is 0. The first-order valence-electron chi connectivity index (χ1n) is 5.82. The number of hydrogen-bond acceptors (Lipinski definition) is 4. The highest BCUT2D eigenvalue weighted by atomic mass is 15.2. The topological polar surface area (TPSA) is 80.5 Å². The van der Waals surface area contributed by atoms with Gasteiger partial charge in [-0.1, -0.05) is 12.1 Å². The molecule has 0 bridgehead atoms. The van der Waals surface area contributed by atoms with E-state index in [2.05, 4.69) is 16.0 Å². The smallest absolute Gasteiger partial charge is 0.201 e. The van der Waals surface area contributed by atoms with Gasteiger partial charge >= 0.3 is 0 Å². The van der Waals surface area contributed by atoms with Crippen molar-refractivity contribution in [2.45, 2.75) is 6.54 Å². The van der Waals surface area contributed by atoms with Crippen molar-refractivity contribution in [3.8, 4) is 6.07 Å². The molecule has 1 aromatic carbocycles. The number of anilines is 1. The molecular formula is C14H11N5. The van der Waals surface area contributed by atoms with Crippen LogP contribution >= 0.6 is 0 Å². The van der Waals surface area contributed by atoms with Gasteiger partial charge < -0.3 is 10.3 Å². The van der Waals surface area contributed by atoms with Gasteiger partial charge in [-0.15, -0.1) is 0 Å². The van der Waals surface area contributed by atoms with Gasteiger partial charge in [-0.25, -0.2) is 4.98 Å². The SMILES string of the molecule is N#Cc1ccc(Cn2c(N)nc3cnccc32)cc1. The maximum Gasteiger partial charge on any atom is 0.201 e. The lowest BCUT2D eigenvalue weighted by molar-refractivity contribution is 0.838. The summed E-state index contributed by atoms with van der Waals surface area (Å²) in [5.74, 6) is 0.465. The van der Waals surface area contributed by atoms with Gasteiger partial charge in [0.2, 0.25) is 5.95 Å². The Bertz CT molecular complexity index is 765. The number of nitrogens with zero attached hydrogens (tertiary/aromatic N) is 4. The minimum Gasteiger partial charge on any atom is -0.369 e. The Kier molecular flexibility index (Phi) is 2.62. The molecule has 92 valence electrons. The van der Waals surface area contributed by atoms with Gasteiger partial charge in [0.15, 0.2) is 0 Å². The number of hydrogen-bond donors (Lipinski definition) is 1. The van der Waals surface area contributed by atoms with Crippen LogP contribution in [0.5, 0.6) is 0 Å². The first kappa shape index (κ1) is 11.2. The van der Waals surface area contributed by atoms with Gasteiger partial charge in [-0.2, -0.15) is 5.26 Å². The van der Waals surface area contributed by atoms with Crippen molar-refractivity contribution < 1.29 is 0 Å². The summed E-state index contributed by atoms with van der Waals surface area (Å²) in [6.07, 6.45) is 3.42. The van der Waals surface area contributed by atoms with Crippen LogP contribution in [-0.2, 0) is 6.54 Å². The third kappa shape index (κ3) is 2.00. The minimum atomic E-state index is 0.465. The fourth-order valence-corrected chi connectivity index (χ4v) is 2.03. The number of nitriles is 1. The molecule has 0 unspecified atom stereocenters. The van der Waals surface area contributed by atoms with Crippen LogP contribution in [0.3, 0.4) is 0 Å². The maximum atomic E-state index is 8.78. The zero-order valence-electron chi connectivity index (χ0n) is 10.1. The summed E-state index contributed by atoms with van der Waals surface area (Å²) >= 11 is 0. The average Bonchev–Trinajstić information content (AvgIpc) is 2.76. The molecule has 0 aliphatic rings. The molecule has 3 aromatic rings. The van der Waals surface area contributed by atoms with Gasteiger partial charge in [0, 0.05) is 6.20 Å². The van der Waals surface area contributed by atoms with E-state index < -0.39 is 0 Å². The third-order valence-electron chi connectivity index (χ3n) is 3.00. The molecule has 0 fully saturated rings. The Balaban J connectivity index is 2.00. The second-order valence-electron chi connectivity index (χ2n) is 4.23. The lowest BCUT2D eigenvalue weighted by Crippen LogP contribution is -2.04. The van der Waals surface area contributed by atoms with E-state index in [0.717, 1.165) is 16.6 Å². The summed E-state index contributed by atoms with van der Waals surface area (Å²) in [4.78, 5) is 8.30. The molecule has 0 saturated heterocycles. The van der Waals surface area contributed by atoms with E-state index in [0.29, 0.717) is 18.1 Å². The van der Waals surface area contributed by atoms with Gasteiger partial charge in [-0.3, -0.25) is 4.98 Å². The molecule has 0 aliphatic carbocycles. The highest BCUT2D eigenvalue weighted by Crippen LogP contribution is 2.18. The van der Waals surface area contributed by atoms with Crippen molar-refractivity contribution >= 4 is 17.0 Å². The predicted molar refractivity (Wildman–Crippen MR) is 72.2 cm³/mol. The molecule has 2 heterocycles. The lowest BCUT2D eigenvalue weighted by Gasteiger charge is -2.06. The van der Waals surface area contributed by atoms with Crippen molar-refractivity contribution in [3.05, 3.63) is 53.9 Å². The molecule has 2 aromatic heterocycles. The average molecular weight is 249 g/mol. The van der Waals surface area contributed by atoms with Crippen LogP contribution < -0.4 is 5.73 Å². The molecule has 5 nitrogen and oxygen atoms in total. The largest absolute Gasteiger partial charge is 0.369 e. The highest BCUT2D eigenvalue weighted by Gasteiger charge is 2.08. The van der Waals surface area contributed by atoms with E-state index >= 15 is 0 Å². The minimum absolute atomic E-state index is 0.465. The molecule has 3 rings (SSSR count). The van der Waals surface area contributed by atoms with Crippen LogP contribution in [0, 0.1) is 11.3 Å². The molecular weight excluding hydrogens is 238 g/mol. The van der Waals surface area contributed by atoms with Gasteiger partial charge in [0.1, 0.15) is 5.52 Å². The number of rotatable bonds is 2. The Hall–Kier alpha value is -2.87. The molecule has 19 heavy (non-hydrogen) atoms. The quantitative estimate of drug-likeness (QED) is 0.752. The van der Waals surface area contributed by atoms with Crippen molar-refractivity contribution in [2.75, 3.05) is 5.73 Å². The van der Waals surface area contributed by atoms with E-state index in [-0.39, 0.29) is 0 Å². The van der Waals surface area contributed by atoms with Crippen LogP contribution in [0.4, 0.5) is 5.95 Å². The Morgan fingerprint density at radius 2 is 2.00 bits per heavy atom. The summed E-state index contributed by atoms with van der Waals surface area (Å²) in [6.45, 7) is 0.623. The molecule has 2 N–H and O–H groups in total. The summed E-state index contributed by atoms with van der Waals surface area (Å²) < 4.78 is 1.93. The Labute approximate surface area is 109 Å². The van der Waals surface area contributed by atoms with Crippen molar-refractivity contribution in [2.24, 2.45) is 0 Å². The lowest BCUT2D eigenvalue weighted by atomic mass is 10.1. The second kappa shape index (κ2) is 4.42. The van der Waals surface area contributed by atoms with Crippen LogP contribution in [0.1, 0.15) is 11.1 Å². The zero-order chi connectivity index (χ0) is 13.2. The zero-order valence-corrected chi connectivity index (χ0v) is 10.1. The van der Waals surface area contributed by atoms with Crippen LogP contribution in [0.2, 0.25) is 0 Å². The van der Waals surface area contributed by atoms with Gasteiger partial charge in [0.05, 0.1) is 29.9 Å². The first-order chi connectivity index (χ1) is 9.28. The number of imidazole rings is 1. The maximum absolute atomic E-state index is 8.78. The second-order valence-corrected chi connectivity index (χ2v) is 4.23. The molecule has 0 saturated carbocycles. The number of pyridine rings is 1. The normalized spacial score (nSPS) is 10.5. The van der Waals surface area contributed by atoms with Gasteiger partial charge in [-0.05, 0) is 23.8 Å². The summed E-state index contributed by atoms with van der Waals surface area (Å²) in [5, 5.41) is 8.78. The van der Waals surface area contributed by atoms with Crippen LogP contribution in [0.25, 0.3) is 11.0 Å². The Morgan fingerprint density at radius 1 is 1.21 bits per heavy atom. The Morgan fingerprint density at radius 3 is 2.74 bits per heavy atom. The molecule has 0 atom stereocenters. The summed E-state index contributed by atoms with van der Waals surface area (Å²) in [5.41, 5.74) is 9.39. The van der Waals surface area contributed by atoms with E-state index in [1.807, 2.05) is 22.8 Å². The molecule has 0 amide bonds. The molecule has 5 heteroatoms. The summed E-state index contributed by atoms with van der Waals surface area (Å²) in [6, 6.07) is 11.4. The molecule has 0 spiro atoms. The number of aromatic nitrogens is 3. The number of nitrogens with two attached hydrogens (primary N) is 1. The number of fused-ring (bicyclic) bond motifs is 1. The third-order valence-corrected chi connectivity index (χ3v) is 3.00. The van der Waals surface area contributed by atoms with E-state index in [4.69, 9.17) is 11.0 Å². The monoisotopic (exact) mass is 249 g/mol. The molecule has 0 radical (unpaired) electrons. The number of benzene rings is 1. The van der Waals surface area contributed by atoms with Crippen LogP contribution in [0.15, 0.2) is 42.7 Å². The fraction of sp³-hybridized carbons (Fsp3) is 0.0714. The predicted octanol–water partition coefficient (Wildman–Crippen LogP) is 1.93. The van der Waals surface area contributed by atoms with E-state index in [1.165, 1.54) is 0 Å². The van der Waals surface area contributed by atoms with Crippen molar-refractivity contribution in [1.82, 2.24) is 14.5 Å². The highest BCUT2D eigenvalue weighted by molar-refractivity contribution is 5.77. The number of nitrogen functional groups attached to an aromatic ring is 1. The molecule has 0 aliphatic heterocycles.